The average Bonchev–Trinajstić information content (AvgIpc) is 2.14. The van der Waals surface area contributed by atoms with Crippen LogP contribution in [-0.2, 0) is 13.8 Å². The van der Waals surface area contributed by atoms with Gasteiger partial charge in [0.25, 0.3) is 9.05 Å². The van der Waals surface area contributed by atoms with E-state index in [1.807, 2.05) is 0 Å². The first-order valence-electron chi connectivity index (χ1n) is 3.79. The fourth-order valence-corrected chi connectivity index (χ4v) is 3.15. The molecule has 4 nitrogen and oxygen atoms in total. The van der Waals surface area contributed by atoms with Crippen LogP contribution < -0.4 is 0 Å². The van der Waals surface area contributed by atoms with Gasteiger partial charge in [-0.3, -0.25) is 0 Å². The van der Waals surface area contributed by atoms with E-state index in [0.29, 0.717) is 0 Å². The summed E-state index contributed by atoms with van der Waals surface area (Å²) in [6.07, 6.45) is 0. The largest absolute Gasteiger partial charge is 0.465 e. The van der Waals surface area contributed by atoms with Crippen molar-refractivity contribution in [1.29, 1.82) is 0 Å². The molecule has 0 bridgehead atoms. The molecule has 0 saturated carbocycles. The lowest BCUT2D eigenvalue weighted by Gasteiger charge is -2.05. The van der Waals surface area contributed by atoms with Crippen LogP contribution in [0, 0.1) is 5.82 Å². The summed E-state index contributed by atoms with van der Waals surface area (Å²) in [4.78, 5) is 10.7. The molecule has 1 aromatic carbocycles. The van der Waals surface area contributed by atoms with Gasteiger partial charge in [-0.2, -0.15) is 0 Å². The Kier molecular flexibility index (Phi) is 3.92. The van der Waals surface area contributed by atoms with Crippen molar-refractivity contribution in [2.24, 2.45) is 0 Å². The molecular formula is C8H5BrClFO4S. The Morgan fingerprint density at radius 2 is 2.06 bits per heavy atom. The van der Waals surface area contributed by atoms with Gasteiger partial charge in [-0.1, -0.05) is 0 Å². The summed E-state index contributed by atoms with van der Waals surface area (Å²) in [7, 11) is 2.09. The van der Waals surface area contributed by atoms with E-state index in [1.165, 1.54) is 0 Å². The molecule has 0 aliphatic carbocycles. The zero-order valence-electron chi connectivity index (χ0n) is 7.83. The third-order valence-corrected chi connectivity index (χ3v) is 3.97. The molecule has 1 aromatic rings. The number of hydrogen-bond acceptors (Lipinski definition) is 4. The van der Waals surface area contributed by atoms with E-state index in [9.17, 15) is 17.6 Å². The molecule has 1 rings (SSSR count). The Bertz CT molecular complexity index is 543. The van der Waals surface area contributed by atoms with Gasteiger partial charge in [0.15, 0.2) is 0 Å². The Hall–Kier alpha value is -0.660. The van der Waals surface area contributed by atoms with Crippen molar-refractivity contribution < 1.29 is 22.3 Å². The van der Waals surface area contributed by atoms with E-state index in [1.54, 1.807) is 0 Å². The second-order valence-electron chi connectivity index (χ2n) is 2.69. The van der Waals surface area contributed by atoms with Crippen LogP contribution in [0.2, 0.25) is 0 Å². The third-order valence-electron chi connectivity index (χ3n) is 1.69. The number of methoxy groups -OCH3 is 1. The van der Waals surface area contributed by atoms with Crippen LogP contribution in [0.4, 0.5) is 4.39 Å². The summed E-state index contributed by atoms with van der Waals surface area (Å²) in [5.74, 6) is -1.88. The van der Waals surface area contributed by atoms with E-state index in [-0.39, 0.29) is 4.47 Å². The number of ether oxygens (including phenoxy) is 1. The van der Waals surface area contributed by atoms with Crippen LogP contribution in [-0.4, -0.2) is 21.5 Å². The average molecular weight is 332 g/mol. The molecule has 0 atom stereocenters. The van der Waals surface area contributed by atoms with Crippen LogP contribution in [0.5, 0.6) is 0 Å². The highest BCUT2D eigenvalue weighted by atomic mass is 79.9. The molecule has 88 valence electrons. The van der Waals surface area contributed by atoms with Crippen molar-refractivity contribution in [2.75, 3.05) is 7.11 Å². The van der Waals surface area contributed by atoms with Crippen LogP contribution in [0.25, 0.3) is 0 Å². The van der Waals surface area contributed by atoms with Crippen molar-refractivity contribution in [3.8, 4) is 0 Å². The molecule has 0 fully saturated rings. The van der Waals surface area contributed by atoms with Crippen molar-refractivity contribution in [3.63, 3.8) is 0 Å². The number of halogens is 3. The van der Waals surface area contributed by atoms with Gasteiger partial charge in [0.2, 0.25) is 0 Å². The lowest BCUT2D eigenvalue weighted by Crippen LogP contribution is -2.06. The van der Waals surface area contributed by atoms with Crippen molar-refractivity contribution in [2.45, 2.75) is 4.90 Å². The first-order chi connectivity index (χ1) is 7.27. The number of hydrogen-bond donors (Lipinski definition) is 0. The molecular weight excluding hydrogens is 327 g/mol. The highest BCUT2D eigenvalue weighted by Crippen LogP contribution is 2.28. The highest BCUT2D eigenvalue weighted by Gasteiger charge is 2.21. The van der Waals surface area contributed by atoms with Gasteiger partial charge in [-0.25, -0.2) is 17.6 Å². The summed E-state index contributed by atoms with van der Waals surface area (Å²) in [5, 5.41) is 0. The monoisotopic (exact) mass is 330 g/mol. The minimum Gasteiger partial charge on any atom is -0.465 e. The molecule has 8 heteroatoms. The molecule has 0 radical (unpaired) electrons. The summed E-state index contributed by atoms with van der Waals surface area (Å²) in [6, 6.07) is 1.65. The maximum absolute atomic E-state index is 13.3. The molecule has 0 amide bonds. The molecule has 0 unspecified atom stereocenters. The fourth-order valence-electron chi connectivity index (χ4n) is 0.982. The Labute approximate surface area is 104 Å². The van der Waals surface area contributed by atoms with Gasteiger partial charge >= 0.3 is 5.97 Å². The topological polar surface area (TPSA) is 60.4 Å². The molecule has 0 heterocycles. The summed E-state index contributed by atoms with van der Waals surface area (Å²) in [6.45, 7) is 0. The minimum absolute atomic E-state index is 0.0624. The van der Waals surface area contributed by atoms with Crippen LogP contribution in [0.15, 0.2) is 21.5 Å². The molecule has 16 heavy (non-hydrogen) atoms. The molecule has 0 aliphatic heterocycles. The van der Waals surface area contributed by atoms with Gasteiger partial charge in [-0.05, 0) is 28.1 Å². The highest BCUT2D eigenvalue weighted by molar-refractivity contribution is 9.10. The zero-order valence-corrected chi connectivity index (χ0v) is 11.0. The van der Waals surface area contributed by atoms with Crippen molar-refractivity contribution >= 4 is 41.6 Å². The number of esters is 1. The smallest absolute Gasteiger partial charge is 0.340 e. The Morgan fingerprint density at radius 3 is 2.50 bits per heavy atom. The number of carbonyl (C=O) groups is 1. The van der Waals surface area contributed by atoms with Crippen LogP contribution in [0.3, 0.4) is 0 Å². The predicted octanol–water partition coefficient (Wildman–Crippen LogP) is 2.30. The zero-order chi connectivity index (χ0) is 12.5. The van der Waals surface area contributed by atoms with E-state index in [0.717, 1.165) is 19.2 Å². The van der Waals surface area contributed by atoms with Gasteiger partial charge < -0.3 is 4.74 Å². The molecule has 0 aromatic heterocycles. The second kappa shape index (κ2) is 4.68. The molecule has 0 saturated heterocycles. The number of rotatable bonds is 2. The van der Waals surface area contributed by atoms with E-state index < -0.39 is 31.3 Å². The SMILES string of the molecule is COC(=O)c1cc(S(=O)(=O)Cl)c(Br)cc1F. The Morgan fingerprint density at radius 1 is 1.50 bits per heavy atom. The van der Waals surface area contributed by atoms with Gasteiger partial charge in [0.05, 0.1) is 17.6 Å². The van der Waals surface area contributed by atoms with Gasteiger partial charge in [0, 0.05) is 15.2 Å². The molecule has 0 spiro atoms. The first kappa shape index (κ1) is 13.4. The van der Waals surface area contributed by atoms with Crippen LogP contribution in [0.1, 0.15) is 10.4 Å². The van der Waals surface area contributed by atoms with E-state index in [2.05, 4.69) is 20.7 Å². The molecule has 0 N–H and O–H groups in total. The minimum atomic E-state index is -4.06. The van der Waals surface area contributed by atoms with E-state index >= 15 is 0 Å². The maximum atomic E-state index is 13.3. The summed E-state index contributed by atoms with van der Waals surface area (Å²) < 4.78 is 39.7. The third kappa shape index (κ3) is 2.72. The maximum Gasteiger partial charge on any atom is 0.340 e. The normalized spacial score (nSPS) is 11.2. The standard InChI is InChI=1S/C8H5BrClFO4S/c1-15-8(12)4-2-7(16(10,13)14)5(9)3-6(4)11/h2-3H,1H3. The first-order valence-corrected chi connectivity index (χ1v) is 6.89. The van der Waals surface area contributed by atoms with Gasteiger partial charge in [0.1, 0.15) is 5.82 Å². The number of benzene rings is 1. The van der Waals surface area contributed by atoms with Crippen molar-refractivity contribution in [1.82, 2.24) is 0 Å². The fraction of sp³-hybridized carbons (Fsp3) is 0.125. The molecule has 0 aliphatic rings. The summed E-state index contributed by atoms with van der Waals surface area (Å²) >= 11 is 2.83. The Balaban J connectivity index is 3.51. The predicted molar refractivity (Wildman–Crippen MR) is 58.5 cm³/mol. The van der Waals surface area contributed by atoms with E-state index in [4.69, 9.17) is 10.7 Å². The van der Waals surface area contributed by atoms with Gasteiger partial charge in [-0.15, -0.1) is 0 Å². The second-order valence-corrected chi connectivity index (χ2v) is 6.08. The quantitative estimate of drug-likeness (QED) is 0.616. The number of carbonyl (C=O) groups excluding carboxylic acids is 1. The van der Waals surface area contributed by atoms with Crippen LogP contribution >= 0.6 is 26.6 Å². The lowest BCUT2D eigenvalue weighted by molar-refractivity contribution is 0.0595. The van der Waals surface area contributed by atoms with Crippen molar-refractivity contribution in [3.05, 3.63) is 28.0 Å². The lowest BCUT2D eigenvalue weighted by atomic mass is 10.2. The summed E-state index contributed by atoms with van der Waals surface area (Å²) in [5.41, 5.74) is -0.495.